The van der Waals surface area contributed by atoms with Gasteiger partial charge in [-0.2, -0.15) is 0 Å². The summed E-state index contributed by atoms with van der Waals surface area (Å²) < 4.78 is 13.1. The van der Waals surface area contributed by atoms with E-state index in [1.807, 2.05) is 41.4 Å². The Balaban J connectivity index is 1.28. The SMILES string of the molecule is CC(C)c1nc2cccnc2n1C1CCN(C(=O)Cc2ccc3c(c2)OCO3)CC1. The second-order valence-electron chi connectivity index (χ2n) is 8.32. The first-order valence-corrected chi connectivity index (χ1v) is 10.6. The molecule has 156 valence electrons. The van der Waals surface area contributed by atoms with E-state index in [0.717, 1.165) is 60.0 Å². The number of rotatable bonds is 4. The molecule has 0 N–H and O–H groups in total. The number of pyridine rings is 1. The minimum atomic E-state index is 0.157. The largest absolute Gasteiger partial charge is 0.454 e. The molecule has 0 saturated carbocycles. The minimum absolute atomic E-state index is 0.157. The molecule has 7 nitrogen and oxygen atoms in total. The predicted octanol–water partition coefficient (Wildman–Crippen LogP) is 3.69. The molecule has 0 radical (unpaired) electrons. The van der Waals surface area contributed by atoms with Crippen LogP contribution >= 0.6 is 0 Å². The van der Waals surface area contributed by atoms with Gasteiger partial charge in [0.15, 0.2) is 17.1 Å². The molecule has 5 rings (SSSR count). The highest BCUT2D eigenvalue weighted by Gasteiger charge is 2.28. The lowest BCUT2D eigenvalue weighted by molar-refractivity contribution is -0.131. The van der Waals surface area contributed by atoms with Crippen molar-refractivity contribution in [1.82, 2.24) is 19.4 Å². The van der Waals surface area contributed by atoms with E-state index in [-0.39, 0.29) is 12.7 Å². The first-order valence-electron chi connectivity index (χ1n) is 10.6. The topological polar surface area (TPSA) is 69.5 Å². The van der Waals surface area contributed by atoms with Crippen molar-refractivity contribution in [3.8, 4) is 11.5 Å². The van der Waals surface area contributed by atoms with Crippen LogP contribution in [0.15, 0.2) is 36.5 Å². The number of carbonyl (C=O) groups excluding carboxylic acids is 1. The molecule has 0 aliphatic carbocycles. The fourth-order valence-electron chi connectivity index (χ4n) is 4.43. The van der Waals surface area contributed by atoms with Crippen molar-refractivity contribution < 1.29 is 14.3 Å². The number of ether oxygens (including phenoxy) is 2. The number of hydrogen-bond acceptors (Lipinski definition) is 5. The summed E-state index contributed by atoms with van der Waals surface area (Å²) in [6, 6.07) is 10.00. The average Bonchev–Trinajstić information content (AvgIpc) is 3.38. The summed E-state index contributed by atoms with van der Waals surface area (Å²) in [7, 11) is 0. The summed E-state index contributed by atoms with van der Waals surface area (Å²) in [5.74, 6) is 3.03. The first-order chi connectivity index (χ1) is 14.6. The van der Waals surface area contributed by atoms with Crippen molar-refractivity contribution in [3.63, 3.8) is 0 Å². The quantitative estimate of drug-likeness (QED) is 0.661. The molecule has 1 saturated heterocycles. The van der Waals surface area contributed by atoms with Crippen LogP contribution in [0, 0.1) is 0 Å². The highest BCUT2D eigenvalue weighted by molar-refractivity contribution is 5.79. The Bertz CT molecular complexity index is 1080. The van der Waals surface area contributed by atoms with E-state index in [9.17, 15) is 4.79 Å². The zero-order chi connectivity index (χ0) is 20.7. The van der Waals surface area contributed by atoms with Crippen LogP contribution in [-0.4, -0.2) is 45.2 Å². The molecule has 2 aliphatic heterocycles. The first kappa shape index (κ1) is 18.9. The van der Waals surface area contributed by atoms with Crippen LogP contribution < -0.4 is 9.47 Å². The van der Waals surface area contributed by atoms with Gasteiger partial charge < -0.3 is 18.9 Å². The van der Waals surface area contributed by atoms with Crippen LogP contribution in [0.5, 0.6) is 11.5 Å². The minimum Gasteiger partial charge on any atom is -0.454 e. The maximum Gasteiger partial charge on any atom is 0.231 e. The third kappa shape index (κ3) is 3.38. The molecular formula is C23H26N4O3. The zero-order valence-electron chi connectivity index (χ0n) is 17.4. The average molecular weight is 406 g/mol. The monoisotopic (exact) mass is 406 g/mol. The number of nitrogens with zero attached hydrogens (tertiary/aromatic N) is 4. The number of imidazole rings is 1. The summed E-state index contributed by atoms with van der Waals surface area (Å²) in [4.78, 5) is 24.3. The van der Waals surface area contributed by atoms with Gasteiger partial charge in [-0.15, -0.1) is 0 Å². The molecule has 3 aromatic rings. The van der Waals surface area contributed by atoms with Crippen molar-refractivity contribution in [2.24, 2.45) is 0 Å². The molecule has 1 amide bonds. The maximum absolute atomic E-state index is 12.9. The van der Waals surface area contributed by atoms with E-state index >= 15 is 0 Å². The lowest BCUT2D eigenvalue weighted by Crippen LogP contribution is -2.40. The molecule has 2 aromatic heterocycles. The summed E-state index contributed by atoms with van der Waals surface area (Å²) in [6.45, 7) is 6.08. The van der Waals surface area contributed by atoms with Gasteiger partial charge in [0.25, 0.3) is 0 Å². The number of benzene rings is 1. The molecule has 0 bridgehead atoms. The maximum atomic E-state index is 12.9. The van der Waals surface area contributed by atoms with E-state index in [1.165, 1.54) is 0 Å². The van der Waals surface area contributed by atoms with Gasteiger partial charge in [-0.25, -0.2) is 9.97 Å². The number of likely N-dealkylation sites (tertiary alicyclic amines) is 1. The Hall–Kier alpha value is -3.09. The van der Waals surface area contributed by atoms with Crippen molar-refractivity contribution in [2.45, 2.75) is 45.1 Å². The van der Waals surface area contributed by atoms with E-state index in [4.69, 9.17) is 14.5 Å². The van der Waals surface area contributed by atoms with Gasteiger partial charge in [0, 0.05) is 31.2 Å². The van der Waals surface area contributed by atoms with Crippen LogP contribution in [0.3, 0.4) is 0 Å². The van der Waals surface area contributed by atoms with E-state index in [1.54, 1.807) is 0 Å². The van der Waals surface area contributed by atoms with E-state index in [2.05, 4.69) is 23.4 Å². The van der Waals surface area contributed by atoms with Crippen LogP contribution in [0.4, 0.5) is 0 Å². The van der Waals surface area contributed by atoms with Gasteiger partial charge >= 0.3 is 0 Å². The summed E-state index contributed by atoms with van der Waals surface area (Å²) in [6.07, 6.45) is 4.03. The number of carbonyl (C=O) groups is 1. The van der Waals surface area contributed by atoms with Crippen molar-refractivity contribution >= 4 is 17.1 Å². The zero-order valence-corrected chi connectivity index (χ0v) is 17.4. The van der Waals surface area contributed by atoms with E-state index in [0.29, 0.717) is 18.4 Å². The fourth-order valence-corrected chi connectivity index (χ4v) is 4.43. The lowest BCUT2D eigenvalue weighted by atomic mass is 10.0. The summed E-state index contributed by atoms with van der Waals surface area (Å²) >= 11 is 0. The fraction of sp³-hybridized carbons (Fsp3) is 0.435. The standard InChI is InChI=1S/C23H26N4O3/c1-15(2)22-25-18-4-3-9-24-23(18)27(22)17-7-10-26(11-8-17)21(28)13-16-5-6-19-20(12-16)30-14-29-19/h3-6,9,12,15,17H,7-8,10-11,13-14H2,1-2H3. The molecule has 1 aromatic carbocycles. The highest BCUT2D eigenvalue weighted by atomic mass is 16.7. The molecule has 0 atom stereocenters. The third-order valence-corrected chi connectivity index (χ3v) is 5.97. The van der Waals surface area contributed by atoms with Gasteiger partial charge in [-0.05, 0) is 42.7 Å². The van der Waals surface area contributed by atoms with Crippen LogP contribution in [-0.2, 0) is 11.2 Å². The van der Waals surface area contributed by atoms with Gasteiger partial charge in [-0.1, -0.05) is 19.9 Å². The van der Waals surface area contributed by atoms with Crippen LogP contribution in [0.2, 0.25) is 0 Å². The molecule has 1 fully saturated rings. The molecule has 2 aliphatic rings. The number of hydrogen-bond donors (Lipinski definition) is 0. The second-order valence-corrected chi connectivity index (χ2v) is 8.32. The van der Waals surface area contributed by atoms with Gasteiger partial charge in [0.2, 0.25) is 12.7 Å². The third-order valence-electron chi connectivity index (χ3n) is 5.97. The highest BCUT2D eigenvalue weighted by Crippen LogP contribution is 2.33. The molecule has 4 heterocycles. The Labute approximate surface area is 175 Å². The normalized spacial score (nSPS) is 16.6. The predicted molar refractivity (Wildman–Crippen MR) is 113 cm³/mol. The molecule has 30 heavy (non-hydrogen) atoms. The summed E-state index contributed by atoms with van der Waals surface area (Å²) in [5.41, 5.74) is 2.85. The Kier molecular flexibility index (Phi) is 4.81. The lowest BCUT2D eigenvalue weighted by Gasteiger charge is -2.34. The number of aromatic nitrogens is 3. The number of fused-ring (bicyclic) bond motifs is 2. The van der Waals surface area contributed by atoms with Crippen LogP contribution in [0.1, 0.15) is 50.0 Å². The van der Waals surface area contributed by atoms with E-state index < -0.39 is 0 Å². The Morgan fingerprint density at radius 3 is 2.77 bits per heavy atom. The van der Waals surface area contributed by atoms with Crippen molar-refractivity contribution in [1.29, 1.82) is 0 Å². The Morgan fingerprint density at radius 2 is 1.97 bits per heavy atom. The molecule has 0 spiro atoms. The summed E-state index contributed by atoms with van der Waals surface area (Å²) in [5, 5.41) is 0. The second kappa shape index (κ2) is 7.63. The van der Waals surface area contributed by atoms with Gasteiger partial charge in [-0.3, -0.25) is 4.79 Å². The Morgan fingerprint density at radius 1 is 1.17 bits per heavy atom. The number of amides is 1. The van der Waals surface area contributed by atoms with Crippen molar-refractivity contribution in [3.05, 3.63) is 47.9 Å². The molecule has 7 heteroatoms. The van der Waals surface area contributed by atoms with Gasteiger partial charge in [0.05, 0.1) is 6.42 Å². The molecular weight excluding hydrogens is 380 g/mol. The van der Waals surface area contributed by atoms with Crippen LogP contribution in [0.25, 0.3) is 11.2 Å². The van der Waals surface area contributed by atoms with Crippen molar-refractivity contribution in [2.75, 3.05) is 19.9 Å². The molecule has 0 unspecified atom stereocenters. The van der Waals surface area contributed by atoms with Gasteiger partial charge in [0.1, 0.15) is 11.3 Å². The smallest absolute Gasteiger partial charge is 0.231 e. The number of piperidine rings is 1.